The quantitative estimate of drug-likeness (QED) is 0.652. The maximum absolute atomic E-state index is 2.38. The highest BCUT2D eigenvalue weighted by molar-refractivity contribution is 5.30. The summed E-state index contributed by atoms with van der Waals surface area (Å²) in [6, 6.07) is 9.11. The van der Waals surface area contributed by atoms with Gasteiger partial charge in [0.25, 0.3) is 0 Å². The summed E-state index contributed by atoms with van der Waals surface area (Å²) in [7, 11) is 0. The van der Waals surface area contributed by atoms with Crippen LogP contribution in [0, 0.1) is 6.92 Å². The molecule has 1 fully saturated rings. The number of aryl methyl sites for hydroxylation is 1. The summed E-state index contributed by atoms with van der Waals surface area (Å²) in [5.41, 5.74) is 3.51. The zero-order chi connectivity index (χ0) is 10.0. The highest BCUT2D eigenvalue weighted by Crippen LogP contribution is 2.43. The summed E-state index contributed by atoms with van der Waals surface area (Å²) >= 11 is 0. The third kappa shape index (κ3) is 1.58. The molecule has 0 unspecified atom stereocenters. The highest BCUT2D eigenvalue weighted by Gasteiger charge is 2.33. The lowest BCUT2D eigenvalue weighted by atomic mass is 9.76. The van der Waals surface area contributed by atoms with Crippen molar-refractivity contribution in [3.63, 3.8) is 0 Å². The van der Waals surface area contributed by atoms with Gasteiger partial charge >= 0.3 is 0 Å². The molecule has 0 atom stereocenters. The molecule has 0 heterocycles. The van der Waals surface area contributed by atoms with Crippen LogP contribution < -0.4 is 0 Å². The number of hydrogen-bond acceptors (Lipinski definition) is 0. The first kappa shape index (κ1) is 9.76. The van der Waals surface area contributed by atoms with Gasteiger partial charge in [-0.05, 0) is 37.2 Å². The first-order valence-corrected chi connectivity index (χ1v) is 5.84. The Kier molecular flexibility index (Phi) is 2.62. The molecule has 0 saturated heterocycles. The second-order valence-corrected chi connectivity index (χ2v) is 4.71. The third-order valence-electron chi connectivity index (χ3n) is 3.87. The lowest BCUT2D eigenvalue weighted by Gasteiger charge is -2.28. The van der Waals surface area contributed by atoms with Crippen molar-refractivity contribution in [1.82, 2.24) is 0 Å². The van der Waals surface area contributed by atoms with Crippen molar-refractivity contribution in [2.24, 2.45) is 0 Å². The number of hydrogen-bond donors (Lipinski definition) is 0. The first-order valence-electron chi connectivity index (χ1n) is 5.84. The van der Waals surface area contributed by atoms with Gasteiger partial charge in [0.15, 0.2) is 0 Å². The topological polar surface area (TPSA) is 0 Å². The van der Waals surface area contributed by atoms with Crippen LogP contribution in [-0.4, -0.2) is 0 Å². The SMILES string of the molecule is CCC1(c2cccc(C)c2)CCCC1. The lowest BCUT2D eigenvalue weighted by Crippen LogP contribution is -2.20. The van der Waals surface area contributed by atoms with Crippen molar-refractivity contribution in [1.29, 1.82) is 0 Å². The summed E-state index contributed by atoms with van der Waals surface area (Å²) in [4.78, 5) is 0. The fourth-order valence-electron chi connectivity index (χ4n) is 2.87. The summed E-state index contributed by atoms with van der Waals surface area (Å²) in [6.07, 6.45) is 6.93. The fraction of sp³-hybridized carbons (Fsp3) is 0.571. The van der Waals surface area contributed by atoms with Gasteiger partial charge in [0.1, 0.15) is 0 Å². The molecule has 0 radical (unpaired) electrons. The standard InChI is InChI=1S/C14H20/c1-3-14(9-4-5-10-14)13-8-6-7-12(2)11-13/h6-8,11H,3-5,9-10H2,1-2H3. The minimum absolute atomic E-state index is 0.520. The minimum Gasteiger partial charge on any atom is -0.0645 e. The van der Waals surface area contributed by atoms with Gasteiger partial charge in [0, 0.05) is 0 Å². The van der Waals surface area contributed by atoms with Gasteiger partial charge in [-0.25, -0.2) is 0 Å². The van der Waals surface area contributed by atoms with Crippen LogP contribution in [0.2, 0.25) is 0 Å². The fourth-order valence-corrected chi connectivity index (χ4v) is 2.87. The zero-order valence-corrected chi connectivity index (χ0v) is 9.34. The Balaban J connectivity index is 2.35. The number of rotatable bonds is 2. The van der Waals surface area contributed by atoms with Crippen LogP contribution in [0.25, 0.3) is 0 Å². The van der Waals surface area contributed by atoms with E-state index in [0.29, 0.717) is 5.41 Å². The van der Waals surface area contributed by atoms with Crippen LogP contribution in [0.15, 0.2) is 24.3 Å². The molecule has 0 heteroatoms. The molecule has 0 aliphatic heterocycles. The van der Waals surface area contributed by atoms with Crippen molar-refractivity contribution >= 4 is 0 Å². The third-order valence-corrected chi connectivity index (χ3v) is 3.87. The van der Waals surface area contributed by atoms with Crippen LogP contribution in [0.1, 0.15) is 50.2 Å². The smallest absolute Gasteiger partial charge is 0.00495 e. The van der Waals surface area contributed by atoms with Crippen molar-refractivity contribution in [3.8, 4) is 0 Å². The van der Waals surface area contributed by atoms with Crippen molar-refractivity contribution in [3.05, 3.63) is 35.4 Å². The van der Waals surface area contributed by atoms with Crippen LogP contribution in [0.4, 0.5) is 0 Å². The Morgan fingerprint density at radius 1 is 1.21 bits per heavy atom. The molecule has 1 aliphatic carbocycles. The maximum Gasteiger partial charge on any atom is -0.00495 e. The van der Waals surface area contributed by atoms with Gasteiger partial charge in [-0.3, -0.25) is 0 Å². The van der Waals surface area contributed by atoms with Crippen LogP contribution >= 0.6 is 0 Å². The molecule has 1 saturated carbocycles. The van der Waals surface area contributed by atoms with Gasteiger partial charge in [-0.1, -0.05) is 49.6 Å². The summed E-state index contributed by atoms with van der Waals surface area (Å²) in [5, 5.41) is 0. The second kappa shape index (κ2) is 3.76. The molecule has 0 bridgehead atoms. The largest absolute Gasteiger partial charge is 0.0645 e. The van der Waals surface area contributed by atoms with E-state index in [1.165, 1.54) is 37.7 Å². The second-order valence-electron chi connectivity index (χ2n) is 4.71. The zero-order valence-electron chi connectivity index (χ0n) is 9.34. The van der Waals surface area contributed by atoms with E-state index in [1.807, 2.05) is 0 Å². The minimum atomic E-state index is 0.520. The van der Waals surface area contributed by atoms with E-state index in [0.717, 1.165) is 0 Å². The molecule has 1 aromatic carbocycles. The molecule has 1 aromatic rings. The van der Waals surface area contributed by atoms with Crippen LogP contribution in [0.3, 0.4) is 0 Å². The monoisotopic (exact) mass is 188 g/mol. The average molecular weight is 188 g/mol. The molecular weight excluding hydrogens is 168 g/mol. The molecule has 0 N–H and O–H groups in total. The van der Waals surface area contributed by atoms with Gasteiger partial charge in [-0.2, -0.15) is 0 Å². The van der Waals surface area contributed by atoms with Crippen molar-refractivity contribution in [2.75, 3.05) is 0 Å². The first-order chi connectivity index (χ1) is 6.77. The van der Waals surface area contributed by atoms with Crippen molar-refractivity contribution < 1.29 is 0 Å². The normalized spacial score (nSPS) is 19.9. The van der Waals surface area contributed by atoms with Gasteiger partial charge in [0.2, 0.25) is 0 Å². The van der Waals surface area contributed by atoms with Crippen LogP contribution in [0.5, 0.6) is 0 Å². The van der Waals surface area contributed by atoms with Crippen LogP contribution in [-0.2, 0) is 5.41 Å². The molecular formula is C14H20. The predicted molar refractivity (Wildman–Crippen MR) is 61.6 cm³/mol. The van der Waals surface area contributed by atoms with E-state index >= 15 is 0 Å². The predicted octanol–water partition coefficient (Wildman–Crippen LogP) is 4.22. The molecule has 0 nitrogen and oxygen atoms in total. The van der Waals surface area contributed by atoms with E-state index in [9.17, 15) is 0 Å². The Labute approximate surface area is 87.3 Å². The molecule has 2 rings (SSSR count). The Morgan fingerprint density at radius 2 is 1.93 bits per heavy atom. The van der Waals surface area contributed by atoms with Gasteiger partial charge in [0.05, 0.1) is 0 Å². The Hall–Kier alpha value is -0.780. The average Bonchev–Trinajstić information content (AvgIpc) is 2.67. The molecule has 0 aromatic heterocycles. The maximum atomic E-state index is 2.38. The molecule has 76 valence electrons. The Bertz CT molecular complexity index is 306. The van der Waals surface area contributed by atoms with E-state index in [2.05, 4.69) is 38.1 Å². The molecule has 14 heavy (non-hydrogen) atoms. The molecule has 1 aliphatic rings. The van der Waals surface area contributed by atoms with Crippen molar-refractivity contribution in [2.45, 2.75) is 51.4 Å². The summed E-state index contributed by atoms with van der Waals surface area (Å²) in [5.74, 6) is 0. The Morgan fingerprint density at radius 3 is 2.50 bits per heavy atom. The van der Waals surface area contributed by atoms with E-state index in [1.54, 1.807) is 5.56 Å². The summed E-state index contributed by atoms with van der Waals surface area (Å²) < 4.78 is 0. The highest BCUT2D eigenvalue weighted by atomic mass is 14.4. The van der Waals surface area contributed by atoms with Gasteiger partial charge < -0.3 is 0 Å². The van der Waals surface area contributed by atoms with E-state index in [-0.39, 0.29) is 0 Å². The number of benzene rings is 1. The molecule has 0 spiro atoms. The summed E-state index contributed by atoms with van der Waals surface area (Å²) in [6.45, 7) is 4.54. The van der Waals surface area contributed by atoms with E-state index in [4.69, 9.17) is 0 Å². The van der Waals surface area contributed by atoms with E-state index < -0.39 is 0 Å². The lowest BCUT2D eigenvalue weighted by molar-refractivity contribution is 0.425. The molecule has 0 amide bonds. The van der Waals surface area contributed by atoms with Gasteiger partial charge in [-0.15, -0.1) is 0 Å².